The lowest BCUT2D eigenvalue weighted by Crippen LogP contribution is -2.44. The Labute approximate surface area is 189 Å². The zero-order valence-electron chi connectivity index (χ0n) is 18.1. The van der Waals surface area contributed by atoms with Crippen LogP contribution in [-0.4, -0.2) is 83.3 Å². The average molecular weight is 533 g/mol. The molecule has 7 nitrogen and oxygen atoms in total. The smallest absolute Gasteiger partial charge is 0.191 e. The zero-order chi connectivity index (χ0) is 20.1. The largest absolute Gasteiger partial charge is 0.379 e. The summed E-state index contributed by atoms with van der Waals surface area (Å²) in [6.45, 7) is 11.8. The molecule has 0 radical (unpaired) electrons. The van der Waals surface area contributed by atoms with Crippen molar-refractivity contribution in [2.45, 2.75) is 52.5 Å². The van der Waals surface area contributed by atoms with Crippen LogP contribution in [0.3, 0.4) is 0 Å². The molecule has 0 aliphatic carbocycles. The van der Waals surface area contributed by atoms with Crippen LogP contribution in [0.5, 0.6) is 0 Å². The number of ether oxygens (including phenoxy) is 1. The third-order valence-corrected chi connectivity index (χ3v) is 5.71. The summed E-state index contributed by atoms with van der Waals surface area (Å²) < 4.78 is 27.5. The number of aliphatic imine (C=N–C) groups is 1. The molecule has 0 aromatic heterocycles. The van der Waals surface area contributed by atoms with E-state index in [1.165, 1.54) is 45.0 Å². The van der Waals surface area contributed by atoms with Gasteiger partial charge in [-0.15, -0.1) is 24.0 Å². The molecule has 9 heteroatoms. The number of nitrogens with zero attached hydrogens (tertiary/aromatic N) is 2. The molecule has 28 heavy (non-hydrogen) atoms. The van der Waals surface area contributed by atoms with Gasteiger partial charge in [0.1, 0.15) is 9.84 Å². The van der Waals surface area contributed by atoms with Gasteiger partial charge >= 0.3 is 0 Å². The van der Waals surface area contributed by atoms with Gasteiger partial charge in [-0.25, -0.2) is 8.42 Å². The maximum absolute atomic E-state index is 11.1. The van der Waals surface area contributed by atoms with E-state index in [2.05, 4.69) is 36.3 Å². The first-order valence-corrected chi connectivity index (χ1v) is 12.4. The molecule has 0 bridgehead atoms. The molecule has 1 aliphatic rings. The van der Waals surface area contributed by atoms with E-state index in [-0.39, 0.29) is 36.3 Å². The lowest BCUT2D eigenvalue weighted by atomic mass is 10.0. The summed E-state index contributed by atoms with van der Waals surface area (Å²) in [6.07, 6.45) is 6.48. The predicted octanol–water partition coefficient (Wildman–Crippen LogP) is 2.12. The highest BCUT2D eigenvalue weighted by Crippen LogP contribution is 2.17. The molecule has 1 aliphatic heterocycles. The summed E-state index contributed by atoms with van der Waals surface area (Å²) in [7, 11) is -2.96. The van der Waals surface area contributed by atoms with Crippen molar-refractivity contribution >= 4 is 39.8 Å². The van der Waals surface area contributed by atoms with E-state index in [9.17, 15) is 8.42 Å². The molecule has 0 amide bonds. The molecule has 0 saturated carbocycles. The second-order valence-corrected chi connectivity index (χ2v) is 9.91. The van der Waals surface area contributed by atoms with Crippen molar-refractivity contribution in [1.29, 1.82) is 0 Å². The maximum atomic E-state index is 11.1. The van der Waals surface area contributed by atoms with Crippen LogP contribution in [0.1, 0.15) is 46.5 Å². The van der Waals surface area contributed by atoms with E-state index >= 15 is 0 Å². The number of nitrogens with one attached hydrogen (secondary N) is 2. The Morgan fingerprint density at radius 3 is 2.29 bits per heavy atom. The van der Waals surface area contributed by atoms with Gasteiger partial charge in [-0.1, -0.05) is 26.7 Å². The van der Waals surface area contributed by atoms with Gasteiger partial charge in [0.2, 0.25) is 0 Å². The maximum Gasteiger partial charge on any atom is 0.191 e. The van der Waals surface area contributed by atoms with Crippen molar-refractivity contribution in [2.24, 2.45) is 10.9 Å². The number of rotatable bonds is 11. The van der Waals surface area contributed by atoms with Gasteiger partial charge in [0.25, 0.3) is 0 Å². The van der Waals surface area contributed by atoms with Gasteiger partial charge in [-0.05, 0) is 38.8 Å². The van der Waals surface area contributed by atoms with Gasteiger partial charge in [0, 0.05) is 25.4 Å². The topological polar surface area (TPSA) is 83.0 Å². The fourth-order valence-corrected chi connectivity index (χ4v) is 3.68. The van der Waals surface area contributed by atoms with E-state index in [1.54, 1.807) is 0 Å². The molecule has 168 valence electrons. The summed E-state index contributed by atoms with van der Waals surface area (Å²) in [6, 6.07) is 0.463. The molecule has 0 aromatic carbocycles. The molecule has 2 N–H and O–H groups in total. The van der Waals surface area contributed by atoms with Gasteiger partial charge in [-0.3, -0.25) is 9.89 Å². The van der Waals surface area contributed by atoms with Gasteiger partial charge in [0.05, 0.1) is 25.5 Å². The van der Waals surface area contributed by atoms with E-state index < -0.39 is 9.84 Å². The molecule has 0 aromatic rings. The quantitative estimate of drug-likeness (QED) is 0.184. The van der Waals surface area contributed by atoms with Crippen LogP contribution < -0.4 is 10.6 Å². The van der Waals surface area contributed by atoms with Crippen molar-refractivity contribution in [3.05, 3.63) is 0 Å². The minimum Gasteiger partial charge on any atom is -0.379 e. The lowest BCUT2D eigenvalue weighted by Gasteiger charge is -2.32. The van der Waals surface area contributed by atoms with Crippen molar-refractivity contribution in [2.75, 3.05) is 57.9 Å². The minimum absolute atomic E-state index is 0. The van der Waals surface area contributed by atoms with Crippen molar-refractivity contribution in [1.82, 2.24) is 15.5 Å². The number of halogens is 1. The molecular weight excluding hydrogens is 491 g/mol. The standard InChI is InChI=1S/C19H40N4O3S.HI/c1-5-20-19(21-10-13-26-14-15-27(4,24)25)22-16-18(17(2)3)23-11-8-6-7-9-12-23;/h17-18H,5-16H2,1-4H3,(H2,20,21,22);1H. The third kappa shape index (κ3) is 13.2. The molecule has 1 saturated heterocycles. The summed E-state index contributed by atoms with van der Waals surface area (Å²) >= 11 is 0. The molecule has 1 fully saturated rings. The Morgan fingerprint density at radius 1 is 1.11 bits per heavy atom. The molecular formula is C19H41IN4O3S. The second kappa shape index (κ2) is 15.7. The molecule has 1 rings (SSSR count). The summed E-state index contributed by atoms with van der Waals surface area (Å²) in [4.78, 5) is 7.41. The zero-order valence-corrected chi connectivity index (χ0v) is 21.2. The van der Waals surface area contributed by atoms with E-state index in [4.69, 9.17) is 9.73 Å². The van der Waals surface area contributed by atoms with Gasteiger partial charge in [-0.2, -0.15) is 0 Å². The first-order chi connectivity index (χ1) is 12.8. The Kier molecular flexibility index (Phi) is 15.6. The Bertz CT molecular complexity index is 521. The van der Waals surface area contributed by atoms with Crippen LogP contribution in [0.2, 0.25) is 0 Å². The average Bonchev–Trinajstić information content (AvgIpc) is 2.86. The van der Waals surface area contributed by atoms with E-state index in [0.717, 1.165) is 19.0 Å². The third-order valence-electron chi connectivity index (χ3n) is 4.80. The van der Waals surface area contributed by atoms with Gasteiger partial charge < -0.3 is 15.4 Å². The number of guanidine groups is 1. The first-order valence-electron chi connectivity index (χ1n) is 10.3. The molecule has 0 spiro atoms. The van der Waals surface area contributed by atoms with Crippen LogP contribution in [0.25, 0.3) is 0 Å². The number of likely N-dealkylation sites (tertiary alicyclic amines) is 1. The van der Waals surface area contributed by atoms with Crippen LogP contribution in [-0.2, 0) is 14.6 Å². The van der Waals surface area contributed by atoms with Crippen LogP contribution in [0.15, 0.2) is 4.99 Å². The number of hydrogen-bond acceptors (Lipinski definition) is 5. The fraction of sp³-hybridized carbons (Fsp3) is 0.947. The molecule has 1 unspecified atom stereocenters. The number of hydrogen-bond donors (Lipinski definition) is 2. The van der Waals surface area contributed by atoms with Crippen LogP contribution in [0, 0.1) is 5.92 Å². The monoisotopic (exact) mass is 532 g/mol. The highest BCUT2D eigenvalue weighted by atomic mass is 127. The van der Waals surface area contributed by atoms with E-state index in [0.29, 0.717) is 25.1 Å². The summed E-state index contributed by atoms with van der Waals surface area (Å²) in [5, 5.41) is 6.55. The predicted molar refractivity (Wildman–Crippen MR) is 129 cm³/mol. The normalized spacial score (nSPS) is 17.7. The van der Waals surface area contributed by atoms with E-state index in [1.807, 2.05) is 0 Å². The summed E-state index contributed by atoms with van der Waals surface area (Å²) in [5.74, 6) is 1.42. The fourth-order valence-electron chi connectivity index (χ4n) is 3.26. The Balaban J connectivity index is 0.00000729. The molecule has 1 atom stereocenters. The van der Waals surface area contributed by atoms with Crippen LogP contribution >= 0.6 is 24.0 Å². The minimum atomic E-state index is -2.96. The first kappa shape index (κ1) is 27.9. The van der Waals surface area contributed by atoms with Crippen molar-refractivity contribution in [3.63, 3.8) is 0 Å². The highest BCUT2D eigenvalue weighted by molar-refractivity contribution is 14.0. The second-order valence-electron chi connectivity index (χ2n) is 7.65. The lowest BCUT2D eigenvalue weighted by molar-refractivity contribution is 0.153. The Morgan fingerprint density at radius 2 is 1.75 bits per heavy atom. The SMILES string of the molecule is CCNC(=NCC(C(C)C)N1CCCCCC1)NCCOCCS(C)(=O)=O.I. The number of sulfone groups is 1. The van der Waals surface area contributed by atoms with Gasteiger partial charge in [0.15, 0.2) is 5.96 Å². The van der Waals surface area contributed by atoms with Crippen LogP contribution in [0.4, 0.5) is 0 Å². The highest BCUT2D eigenvalue weighted by Gasteiger charge is 2.22. The van der Waals surface area contributed by atoms with Crippen molar-refractivity contribution in [3.8, 4) is 0 Å². The molecule has 1 heterocycles. The summed E-state index contributed by atoms with van der Waals surface area (Å²) in [5.41, 5.74) is 0. The van der Waals surface area contributed by atoms with Crippen molar-refractivity contribution < 1.29 is 13.2 Å². The Hall–Kier alpha value is -0.130.